The van der Waals surface area contributed by atoms with E-state index in [-0.39, 0.29) is 25.3 Å². The van der Waals surface area contributed by atoms with E-state index in [1.165, 1.54) is 6.42 Å². The van der Waals surface area contributed by atoms with Crippen LogP contribution in [0, 0.1) is 19.3 Å². The topological polar surface area (TPSA) is 157 Å². The van der Waals surface area contributed by atoms with Crippen LogP contribution in [0.1, 0.15) is 50.7 Å². The molecule has 4 rings (SSSR count). The number of nitrogens with two attached hydrogens (primary N) is 2. The average molecular weight is 529 g/mol. The van der Waals surface area contributed by atoms with Gasteiger partial charge in [-0.25, -0.2) is 19.5 Å². The molecule has 4 N–H and O–H groups in total. The molecule has 0 spiro atoms. The third-order valence-electron chi connectivity index (χ3n) is 5.05. The summed E-state index contributed by atoms with van der Waals surface area (Å²) in [6, 6.07) is 9.49. The average Bonchev–Trinajstić information content (AvgIpc) is 3.52. The first-order valence-corrected chi connectivity index (χ1v) is 12.5. The molecule has 0 amide bonds. The predicted molar refractivity (Wildman–Crippen MR) is 140 cm³/mol. The number of carbonyl (C=O) groups excluding carboxylic acids is 1. The molecule has 0 bridgehead atoms. The molecule has 198 valence electrons. The van der Waals surface area contributed by atoms with Gasteiger partial charge >= 0.3 is 14.7 Å². The van der Waals surface area contributed by atoms with Crippen molar-refractivity contribution in [2.24, 2.45) is 5.73 Å². The van der Waals surface area contributed by atoms with Crippen LogP contribution in [-0.2, 0) is 30.0 Å². The van der Waals surface area contributed by atoms with Crippen molar-refractivity contribution in [2.45, 2.75) is 58.5 Å². The van der Waals surface area contributed by atoms with Gasteiger partial charge in [0.05, 0.1) is 12.9 Å². The van der Waals surface area contributed by atoms with Crippen LogP contribution in [0.3, 0.4) is 0 Å². The molecular formula is C25H33N6O5P. The lowest BCUT2D eigenvalue weighted by Gasteiger charge is -2.22. The Morgan fingerprint density at radius 2 is 2.03 bits per heavy atom. The lowest BCUT2D eigenvalue weighted by Crippen LogP contribution is -2.31. The Kier molecular flexibility index (Phi) is 12.1. The maximum atomic E-state index is 10.6. The maximum Gasteiger partial charge on any atom is 0.327 e. The van der Waals surface area contributed by atoms with Crippen LogP contribution in [0.2, 0.25) is 0 Å². The monoisotopic (exact) mass is 528 g/mol. The highest BCUT2D eigenvalue weighted by Gasteiger charge is 2.40. The molecule has 1 fully saturated rings. The number of imidazole rings is 1. The molecule has 2 atom stereocenters. The zero-order valence-electron chi connectivity index (χ0n) is 21.3. The quantitative estimate of drug-likeness (QED) is 0.263. The molecule has 11 nitrogen and oxygen atoms in total. The number of carbonyl (C=O) groups is 1. The second-order valence-electron chi connectivity index (χ2n) is 8.14. The van der Waals surface area contributed by atoms with E-state index in [9.17, 15) is 9.36 Å². The molecule has 1 aromatic carbocycles. The zero-order valence-corrected chi connectivity index (χ0v) is 22.2. The molecule has 3 aromatic rings. The van der Waals surface area contributed by atoms with Crippen molar-refractivity contribution in [1.82, 2.24) is 19.5 Å². The zero-order chi connectivity index (χ0) is 27.3. The van der Waals surface area contributed by atoms with Gasteiger partial charge in [0, 0.05) is 0 Å². The number of benzene rings is 1. The van der Waals surface area contributed by atoms with Crippen LogP contribution in [0.25, 0.3) is 11.2 Å². The Labute approximate surface area is 218 Å². The van der Waals surface area contributed by atoms with E-state index in [1.807, 2.05) is 30.3 Å². The van der Waals surface area contributed by atoms with E-state index in [4.69, 9.17) is 31.9 Å². The van der Waals surface area contributed by atoms with Crippen molar-refractivity contribution >= 4 is 31.6 Å². The summed E-state index contributed by atoms with van der Waals surface area (Å²) in [6.45, 7) is 6.31. The minimum Gasteiger partial charge on any atom is -0.460 e. The summed E-state index contributed by atoms with van der Waals surface area (Å²) >= 11 is 0. The minimum absolute atomic E-state index is 0.0627. The molecule has 0 saturated carbocycles. The standard InChI is InChI=1S/C13H14N5O3P.C9H11NO2.C3H8/c1-3-13(6-20-22-19)5-4-9(21-13)18-7-15-10-11(14)16-8(2)17-12(10)18;10-6-9(11)12-7-8-4-2-1-3-5-8;1-3-2/h1,7,9H,4-6H2,2H3,(H2,14,16,17);1-5H,6-7,10H2;3H2,1-2H3. The van der Waals surface area contributed by atoms with E-state index in [1.54, 1.807) is 17.8 Å². The summed E-state index contributed by atoms with van der Waals surface area (Å²) in [7, 11) is -0.421. The number of fused-ring (bicyclic) bond motifs is 1. The second kappa shape index (κ2) is 15.0. The largest absolute Gasteiger partial charge is 0.460 e. The van der Waals surface area contributed by atoms with Crippen LogP contribution >= 0.6 is 8.69 Å². The van der Waals surface area contributed by atoms with E-state index in [0.29, 0.717) is 42.3 Å². The van der Waals surface area contributed by atoms with E-state index in [2.05, 4.69) is 34.7 Å². The lowest BCUT2D eigenvalue weighted by molar-refractivity contribution is -0.143. The van der Waals surface area contributed by atoms with Crippen LogP contribution in [-0.4, -0.2) is 44.2 Å². The smallest absolute Gasteiger partial charge is 0.327 e. The molecule has 3 heterocycles. The minimum atomic E-state index is -0.897. The van der Waals surface area contributed by atoms with Gasteiger partial charge in [0.2, 0.25) is 0 Å². The molecule has 1 aliphatic rings. The Bertz CT molecular complexity index is 1200. The number of esters is 1. The Balaban J connectivity index is 0.000000271. The number of nitrogen functional groups attached to an aromatic ring is 1. The number of rotatable bonds is 7. The van der Waals surface area contributed by atoms with Gasteiger partial charge in [0.1, 0.15) is 30.8 Å². The van der Waals surface area contributed by atoms with Crippen molar-refractivity contribution in [3.05, 3.63) is 48.0 Å². The third-order valence-corrected chi connectivity index (χ3v) is 5.28. The van der Waals surface area contributed by atoms with Gasteiger partial charge in [0.25, 0.3) is 0 Å². The first kappa shape index (κ1) is 29.8. The number of hydrogen-bond donors (Lipinski definition) is 2. The number of anilines is 1. The van der Waals surface area contributed by atoms with Crippen LogP contribution in [0.4, 0.5) is 5.82 Å². The van der Waals surface area contributed by atoms with Gasteiger partial charge in [-0.1, -0.05) is 56.5 Å². The van der Waals surface area contributed by atoms with E-state index in [0.717, 1.165) is 5.56 Å². The highest BCUT2D eigenvalue weighted by Crippen LogP contribution is 2.38. The van der Waals surface area contributed by atoms with Crippen molar-refractivity contribution in [1.29, 1.82) is 0 Å². The molecular weight excluding hydrogens is 495 g/mol. The van der Waals surface area contributed by atoms with Gasteiger partial charge in [-0.05, 0) is 25.3 Å². The summed E-state index contributed by atoms with van der Waals surface area (Å²) < 4.78 is 27.9. The number of aromatic nitrogens is 4. The Morgan fingerprint density at radius 1 is 1.32 bits per heavy atom. The molecule has 1 saturated heterocycles. The van der Waals surface area contributed by atoms with Crippen LogP contribution in [0.15, 0.2) is 36.7 Å². The second-order valence-corrected chi connectivity index (χ2v) is 8.54. The van der Waals surface area contributed by atoms with Gasteiger partial charge in [-0.15, -0.1) is 6.42 Å². The van der Waals surface area contributed by atoms with E-state index < -0.39 is 14.3 Å². The summed E-state index contributed by atoms with van der Waals surface area (Å²) in [5.41, 5.74) is 12.1. The Hall–Kier alpha value is -3.42. The molecule has 0 aliphatic carbocycles. The van der Waals surface area contributed by atoms with E-state index >= 15 is 0 Å². The lowest BCUT2D eigenvalue weighted by atomic mass is 10.0. The Morgan fingerprint density at radius 3 is 2.65 bits per heavy atom. The number of ether oxygens (including phenoxy) is 2. The van der Waals surface area contributed by atoms with Crippen molar-refractivity contribution < 1.29 is 23.4 Å². The first-order chi connectivity index (χ1) is 17.8. The fourth-order valence-electron chi connectivity index (χ4n) is 3.37. The maximum absolute atomic E-state index is 10.6. The number of terminal acetylenes is 1. The van der Waals surface area contributed by atoms with Gasteiger partial charge in [-0.2, -0.15) is 0 Å². The molecule has 1 aliphatic heterocycles. The highest BCUT2D eigenvalue weighted by atomic mass is 31.1. The van der Waals surface area contributed by atoms with Crippen molar-refractivity contribution in [3.63, 3.8) is 0 Å². The molecule has 2 aromatic heterocycles. The molecule has 12 heteroatoms. The number of nitrogens with zero attached hydrogens (tertiary/aromatic N) is 4. The normalized spacial score (nSPS) is 18.3. The van der Waals surface area contributed by atoms with Gasteiger partial charge in [-0.3, -0.25) is 13.9 Å². The molecule has 2 unspecified atom stereocenters. The van der Waals surface area contributed by atoms with Crippen molar-refractivity contribution in [3.8, 4) is 12.3 Å². The van der Waals surface area contributed by atoms with Crippen LogP contribution < -0.4 is 11.5 Å². The van der Waals surface area contributed by atoms with Gasteiger partial charge < -0.3 is 20.9 Å². The number of aryl methyl sites for hydroxylation is 1. The van der Waals surface area contributed by atoms with Crippen LogP contribution in [0.5, 0.6) is 0 Å². The first-order valence-electron chi connectivity index (χ1n) is 11.8. The number of hydrogen-bond acceptors (Lipinski definition) is 10. The SMILES string of the molecule is C#CC1(COP=O)CCC(n2cnc3c(N)nc(C)nc32)O1.CCC.NCC(=O)OCc1ccccc1. The van der Waals surface area contributed by atoms with Gasteiger partial charge in [0.15, 0.2) is 17.1 Å². The molecule has 37 heavy (non-hydrogen) atoms. The summed E-state index contributed by atoms with van der Waals surface area (Å²) in [4.78, 5) is 23.3. The summed E-state index contributed by atoms with van der Waals surface area (Å²) in [6.07, 6.45) is 9.33. The van der Waals surface area contributed by atoms with Crippen molar-refractivity contribution in [2.75, 3.05) is 18.9 Å². The summed E-state index contributed by atoms with van der Waals surface area (Å²) in [5.74, 6) is 3.10. The fourth-order valence-corrected chi connectivity index (χ4v) is 3.64. The highest BCUT2D eigenvalue weighted by molar-refractivity contribution is 7.17. The molecule has 0 radical (unpaired) electrons. The third kappa shape index (κ3) is 8.58. The predicted octanol–water partition coefficient (Wildman–Crippen LogP) is 3.73. The summed E-state index contributed by atoms with van der Waals surface area (Å²) in [5, 5.41) is 0. The fraction of sp³-hybridized carbons (Fsp3) is 0.440.